The first-order valence-electron chi connectivity index (χ1n) is 4.53. The van der Waals surface area contributed by atoms with Crippen molar-refractivity contribution in [1.29, 1.82) is 0 Å². The molecule has 1 saturated heterocycles. The van der Waals surface area contributed by atoms with Gasteiger partial charge in [-0.1, -0.05) is 20.4 Å². The van der Waals surface area contributed by atoms with E-state index < -0.39 is 0 Å². The van der Waals surface area contributed by atoms with Crippen molar-refractivity contribution >= 4 is 5.97 Å². The fraction of sp³-hybridized carbons (Fsp3) is 0.700. The van der Waals surface area contributed by atoms with E-state index in [1.54, 1.807) is 0 Å². The Kier molecular flexibility index (Phi) is 3.09. The van der Waals surface area contributed by atoms with Crippen LogP contribution in [0, 0.1) is 5.41 Å². The van der Waals surface area contributed by atoms with E-state index >= 15 is 0 Å². The summed E-state index contributed by atoms with van der Waals surface area (Å²) in [6.45, 7) is 8.69. The molecule has 0 N–H and O–H groups in total. The Bertz CT molecular complexity index is 208. The summed E-state index contributed by atoms with van der Waals surface area (Å²) in [5, 5.41) is 0. The first-order chi connectivity index (χ1) is 6.12. The Morgan fingerprint density at radius 3 is 2.85 bits per heavy atom. The Hall–Kier alpha value is -0.830. The molecule has 1 rings (SSSR count). The molecular formula is C10H16O3. The summed E-state index contributed by atoms with van der Waals surface area (Å²) >= 11 is 0. The van der Waals surface area contributed by atoms with Crippen LogP contribution in [0.5, 0.6) is 0 Å². The second kappa shape index (κ2) is 3.92. The van der Waals surface area contributed by atoms with Crippen LogP contribution in [0.1, 0.15) is 20.3 Å². The zero-order valence-corrected chi connectivity index (χ0v) is 8.21. The van der Waals surface area contributed by atoms with E-state index in [1.807, 2.05) is 0 Å². The van der Waals surface area contributed by atoms with Gasteiger partial charge in [-0.05, 0) is 6.42 Å². The maximum Gasteiger partial charge on any atom is 0.330 e. The monoisotopic (exact) mass is 184 g/mol. The predicted octanol–water partition coefficient (Wildman–Crippen LogP) is 1.53. The topological polar surface area (TPSA) is 38.8 Å². The first-order valence-corrected chi connectivity index (χ1v) is 4.53. The molecule has 3 nitrogen and oxygen atoms in total. The molecule has 13 heavy (non-hydrogen) atoms. The second-order valence-electron chi connectivity index (χ2n) is 3.64. The Balaban J connectivity index is 2.39. The van der Waals surface area contributed by atoms with E-state index in [9.17, 15) is 4.79 Å². The largest absolute Gasteiger partial charge is 0.462 e. The predicted molar refractivity (Wildman–Crippen MR) is 49.3 cm³/mol. The van der Waals surface area contributed by atoms with Crippen molar-refractivity contribution < 1.29 is 14.3 Å². The highest BCUT2D eigenvalue weighted by Crippen LogP contribution is 2.35. The smallest absolute Gasteiger partial charge is 0.330 e. The molecular weight excluding hydrogens is 168 g/mol. The van der Waals surface area contributed by atoms with Crippen molar-refractivity contribution in [3.8, 4) is 0 Å². The van der Waals surface area contributed by atoms with Crippen molar-refractivity contribution in [2.45, 2.75) is 26.4 Å². The molecule has 0 aromatic heterocycles. The highest BCUT2D eigenvalue weighted by atomic mass is 16.6. The normalized spacial score (nSPS) is 24.6. The molecule has 1 aliphatic heterocycles. The summed E-state index contributed by atoms with van der Waals surface area (Å²) in [6.07, 6.45) is 2.39. The number of carbonyl (C=O) groups is 1. The van der Waals surface area contributed by atoms with E-state index in [4.69, 9.17) is 9.47 Å². The van der Waals surface area contributed by atoms with Gasteiger partial charge in [-0.2, -0.15) is 0 Å². The van der Waals surface area contributed by atoms with E-state index in [0.29, 0.717) is 6.61 Å². The number of epoxide rings is 1. The molecule has 1 heterocycles. The molecule has 2 atom stereocenters. The standard InChI is InChI=1S/C10H16O3/c1-4-9(11)13-7-10(3,5-2)8-6-12-8/h4,8H,1,5-7H2,2-3H3. The zero-order chi connectivity index (χ0) is 9.90. The van der Waals surface area contributed by atoms with Gasteiger partial charge < -0.3 is 9.47 Å². The molecule has 0 aromatic rings. The third-order valence-electron chi connectivity index (χ3n) is 2.63. The lowest BCUT2D eigenvalue weighted by Gasteiger charge is -2.24. The molecule has 1 fully saturated rings. The van der Waals surface area contributed by atoms with Crippen LogP contribution >= 0.6 is 0 Å². The number of hydrogen-bond acceptors (Lipinski definition) is 3. The average molecular weight is 184 g/mol. The summed E-state index contributed by atoms with van der Waals surface area (Å²) in [4.78, 5) is 10.8. The average Bonchev–Trinajstić information content (AvgIpc) is 2.96. The maximum absolute atomic E-state index is 10.8. The van der Waals surface area contributed by atoms with Crippen LogP contribution in [-0.2, 0) is 14.3 Å². The van der Waals surface area contributed by atoms with Crippen LogP contribution in [0.4, 0.5) is 0 Å². The molecule has 0 aliphatic carbocycles. The molecule has 1 aliphatic rings. The van der Waals surface area contributed by atoms with Gasteiger partial charge in [-0.15, -0.1) is 0 Å². The second-order valence-corrected chi connectivity index (χ2v) is 3.64. The number of carbonyl (C=O) groups excluding carboxylic acids is 1. The highest BCUT2D eigenvalue weighted by molar-refractivity contribution is 5.81. The van der Waals surface area contributed by atoms with Gasteiger partial charge in [0.2, 0.25) is 0 Å². The minimum Gasteiger partial charge on any atom is -0.462 e. The van der Waals surface area contributed by atoms with Gasteiger partial charge in [0, 0.05) is 11.5 Å². The van der Waals surface area contributed by atoms with Gasteiger partial charge in [-0.25, -0.2) is 4.79 Å². The minimum atomic E-state index is -0.361. The number of esters is 1. The SMILES string of the molecule is C=CC(=O)OCC(C)(CC)C1CO1. The van der Waals surface area contributed by atoms with Crippen molar-refractivity contribution in [3.05, 3.63) is 12.7 Å². The highest BCUT2D eigenvalue weighted by Gasteiger charge is 2.42. The summed E-state index contributed by atoms with van der Waals surface area (Å²) in [5.41, 5.74) is -0.0291. The third-order valence-corrected chi connectivity index (χ3v) is 2.63. The summed E-state index contributed by atoms with van der Waals surface area (Å²) in [7, 11) is 0. The van der Waals surface area contributed by atoms with Crippen molar-refractivity contribution in [2.24, 2.45) is 5.41 Å². The van der Waals surface area contributed by atoms with Gasteiger partial charge >= 0.3 is 5.97 Å². The lowest BCUT2D eigenvalue weighted by molar-refractivity contribution is -0.141. The van der Waals surface area contributed by atoms with Gasteiger partial charge in [0.05, 0.1) is 19.3 Å². The Morgan fingerprint density at radius 2 is 2.46 bits per heavy atom. The summed E-state index contributed by atoms with van der Waals surface area (Å²) < 4.78 is 10.2. The first kappa shape index (κ1) is 10.3. The lowest BCUT2D eigenvalue weighted by Crippen LogP contribution is -2.29. The van der Waals surface area contributed by atoms with Crippen LogP contribution < -0.4 is 0 Å². The minimum absolute atomic E-state index is 0.0291. The van der Waals surface area contributed by atoms with Gasteiger partial charge in [0.25, 0.3) is 0 Å². The third kappa shape index (κ3) is 2.56. The quantitative estimate of drug-likeness (QED) is 0.369. The van der Waals surface area contributed by atoms with Crippen LogP contribution in [-0.4, -0.2) is 25.3 Å². The van der Waals surface area contributed by atoms with Gasteiger partial charge in [0.1, 0.15) is 0 Å². The Labute approximate surface area is 78.7 Å². The Morgan fingerprint density at radius 1 is 1.85 bits per heavy atom. The number of rotatable bonds is 5. The van der Waals surface area contributed by atoms with E-state index in [2.05, 4.69) is 20.4 Å². The van der Waals surface area contributed by atoms with Crippen LogP contribution in [0.25, 0.3) is 0 Å². The molecule has 0 spiro atoms. The van der Waals surface area contributed by atoms with Crippen molar-refractivity contribution in [2.75, 3.05) is 13.2 Å². The van der Waals surface area contributed by atoms with Gasteiger partial charge in [-0.3, -0.25) is 0 Å². The zero-order valence-electron chi connectivity index (χ0n) is 8.21. The molecule has 74 valence electrons. The molecule has 0 bridgehead atoms. The van der Waals surface area contributed by atoms with E-state index in [-0.39, 0.29) is 17.5 Å². The van der Waals surface area contributed by atoms with Gasteiger partial charge in [0.15, 0.2) is 0 Å². The molecule has 0 radical (unpaired) electrons. The summed E-state index contributed by atoms with van der Waals surface area (Å²) in [6, 6.07) is 0. The fourth-order valence-corrected chi connectivity index (χ4v) is 1.17. The van der Waals surface area contributed by atoms with E-state index in [1.165, 1.54) is 6.08 Å². The molecule has 0 saturated carbocycles. The molecule has 0 aromatic carbocycles. The van der Waals surface area contributed by atoms with Crippen molar-refractivity contribution in [3.63, 3.8) is 0 Å². The molecule has 0 amide bonds. The number of hydrogen-bond donors (Lipinski definition) is 0. The van der Waals surface area contributed by atoms with Crippen LogP contribution in [0.3, 0.4) is 0 Å². The van der Waals surface area contributed by atoms with E-state index in [0.717, 1.165) is 13.0 Å². The molecule has 2 unspecified atom stereocenters. The molecule has 3 heteroatoms. The van der Waals surface area contributed by atoms with Crippen molar-refractivity contribution in [1.82, 2.24) is 0 Å². The van der Waals surface area contributed by atoms with Crippen LogP contribution in [0.15, 0.2) is 12.7 Å². The maximum atomic E-state index is 10.8. The van der Waals surface area contributed by atoms with Crippen LogP contribution in [0.2, 0.25) is 0 Å². The summed E-state index contributed by atoms with van der Waals surface area (Å²) in [5.74, 6) is -0.361. The number of ether oxygens (including phenoxy) is 2. The lowest BCUT2D eigenvalue weighted by atomic mass is 9.85. The fourth-order valence-electron chi connectivity index (χ4n) is 1.17.